The van der Waals surface area contributed by atoms with E-state index in [1.54, 1.807) is 18.2 Å². The minimum atomic E-state index is -0.937. The second kappa shape index (κ2) is 5.28. The zero-order valence-corrected chi connectivity index (χ0v) is 11.2. The third-order valence-electron chi connectivity index (χ3n) is 3.27. The van der Waals surface area contributed by atoms with Crippen molar-refractivity contribution in [3.8, 4) is 11.6 Å². The summed E-state index contributed by atoms with van der Waals surface area (Å²) in [6, 6.07) is 6.92. The molecule has 21 heavy (non-hydrogen) atoms. The molecule has 7 heteroatoms. The standard InChI is InChI=1S/C14H14N4O3/c15-13-16-6-5-12(17-13)21-10-3-4-11-9(8-10)2-1-7-18(11)14(19)20/h3-6,8H,1-2,7H2,(H,19,20)(H2,15,16,17). The van der Waals surface area contributed by atoms with Crippen LogP contribution in [0.3, 0.4) is 0 Å². The Balaban J connectivity index is 1.87. The molecular formula is C14H14N4O3. The van der Waals surface area contributed by atoms with Gasteiger partial charge in [0.05, 0.1) is 5.69 Å². The van der Waals surface area contributed by atoms with Crippen molar-refractivity contribution in [2.75, 3.05) is 17.2 Å². The minimum Gasteiger partial charge on any atom is -0.465 e. The molecule has 0 radical (unpaired) electrons. The highest BCUT2D eigenvalue weighted by Gasteiger charge is 2.22. The second-order valence-corrected chi connectivity index (χ2v) is 4.68. The Morgan fingerprint density at radius 3 is 3.00 bits per heavy atom. The lowest BCUT2D eigenvalue weighted by Gasteiger charge is -2.27. The van der Waals surface area contributed by atoms with Crippen molar-refractivity contribution in [1.82, 2.24) is 9.97 Å². The molecule has 2 heterocycles. The van der Waals surface area contributed by atoms with Gasteiger partial charge in [0, 0.05) is 18.8 Å². The summed E-state index contributed by atoms with van der Waals surface area (Å²) < 4.78 is 5.62. The van der Waals surface area contributed by atoms with Crippen LogP contribution in [-0.4, -0.2) is 27.7 Å². The van der Waals surface area contributed by atoms with Crippen LogP contribution in [0.25, 0.3) is 0 Å². The molecule has 0 aliphatic carbocycles. The van der Waals surface area contributed by atoms with E-state index in [1.807, 2.05) is 6.07 Å². The maximum Gasteiger partial charge on any atom is 0.411 e. The van der Waals surface area contributed by atoms with Gasteiger partial charge in [-0.05, 0) is 36.6 Å². The van der Waals surface area contributed by atoms with Gasteiger partial charge >= 0.3 is 6.09 Å². The second-order valence-electron chi connectivity index (χ2n) is 4.68. The van der Waals surface area contributed by atoms with Gasteiger partial charge in [-0.2, -0.15) is 4.98 Å². The third kappa shape index (κ3) is 2.71. The molecule has 1 aliphatic rings. The fraction of sp³-hybridized carbons (Fsp3) is 0.214. The Bertz CT molecular complexity index is 690. The van der Waals surface area contributed by atoms with Crippen molar-refractivity contribution in [2.45, 2.75) is 12.8 Å². The lowest BCUT2D eigenvalue weighted by molar-refractivity contribution is 0.201. The summed E-state index contributed by atoms with van der Waals surface area (Å²) in [6.07, 6.45) is 2.20. The number of amides is 1. The molecule has 2 aromatic rings. The van der Waals surface area contributed by atoms with E-state index in [2.05, 4.69) is 9.97 Å². The van der Waals surface area contributed by atoms with Crippen molar-refractivity contribution in [3.05, 3.63) is 36.0 Å². The molecular weight excluding hydrogens is 272 g/mol. The van der Waals surface area contributed by atoms with Crippen LogP contribution in [0.15, 0.2) is 30.5 Å². The Kier molecular flexibility index (Phi) is 3.31. The van der Waals surface area contributed by atoms with E-state index in [4.69, 9.17) is 10.5 Å². The van der Waals surface area contributed by atoms with Gasteiger partial charge in [-0.3, -0.25) is 4.90 Å². The molecule has 1 aromatic carbocycles. The number of rotatable bonds is 2. The Morgan fingerprint density at radius 1 is 1.38 bits per heavy atom. The van der Waals surface area contributed by atoms with Gasteiger partial charge in [0.15, 0.2) is 0 Å². The summed E-state index contributed by atoms with van der Waals surface area (Å²) in [7, 11) is 0. The molecule has 1 amide bonds. The first-order chi connectivity index (χ1) is 10.1. The molecule has 1 aliphatic heterocycles. The van der Waals surface area contributed by atoms with E-state index in [9.17, 15) is 9.90 Å². The van der Waals surface area contributed by atoms with Gasteiger partial charge in [0.2, 0.25) is 11.8 Å². The molecule has 108 valence electrons. The third-order valence-corrected chi connectivity index (χ3v) is 3.27. The molecule has 1 aromatic heterocycles. The van der Waals surface area contributed by atoms with Crippen molar-refractivity contribution in [2.24, 2.45) is 0 Å². The number of aryl methyl sites for hydroxylation is 1. The van der Waals surface area contributed by atoms with Gasteiger partial charge < -0.3 is 15.6 Å². The average Bonchev–Trinajstić information content (AvgIpc) is 2.46. The first-order valence-corrected chi connectivity index (χ1v) is 6.53. The van der Waals surface area contributed by atoms with E-state index < -0.39 is 6.09 Å². The number of carbonyl (C=O) groups is 1. The first-order valence-electron chi connectivity index (χ1n) is 6.53. The number of benzene rings is 1. The number of anilines is 2. The van der Waals surface area contributed by atoms with E-state index in [1.165, 1.54) is 11.1 Å². The largest absolute Gasteiger partial charge is 0.465 e. The number of nitrogens with zero attached hydrogens (tertiary/aromatic N) is 3. The maximum atomic E-state index is 11.2. The number of fused-ring (bicyclic) bond motifs is 1. The van der Waals surface area contributed by atoms with Gasteiger partial charge in [0.1, 0.15) is 5.75 Å². The van der Waals surface area contributed by atoms with E-state index in [-0.39, 0.29) is 5.95 Å². The van der Waals surface area contributed by atoms with E-state index in [0.29, 0.717) is 23.9 Å². The number of hydrogen-bond acceptors (Lipinski definition) is 5. The fourth-order valence-electron chi connectivity index (χ4n) is 2.37. The highest BCUT2D eigenvalue weighted by Crippen LogP contribution is 2.32. The number of nitrogens with two attached hydrogens (primary N) is 1. The van der Waals surface area contributed by atoms with Gasteiger partial charge in [-0.1, -0.05) is 0 Å². The van der Waals surface area contributed by atoms with Crippen molar-refractivity contribution < 1.29 is 14.6 Å². The van der Waals surface area contributed by atoms with Crippen molar-refractivity contribution in [3.63, 3.8) is 0 Å². The molecule has 3 N–H and O–H groups in total. The molecule has 0 fully saturated rings. The molecule has 0 unspecified atom stereocenters. The zero-order chi connectivity index (χ0) is 14.8. The first kappa shape index (κ1) is 13.2. The zero-order valence-electron chi connectivity index (χ0n) is 11.2. The maximum absolute atomic E-state index is 11.2. The number of aromatic nitrogens is 2. The quantitative estimate of drug-likeness (QED) is 0.878. The predicted octanol–water partition coefficient (Wildman–Crippen LogP) is 2.28. The van der Waals surface area contributed by atoms with Crippen LogP contribution in [0.5, 0.6) is 11.6 Å². The Morgan fingerprint density at radius 2 is 2.24 bits per heavy atom. The van der Waals surface area contributed by atoms with E-state index >= 15 is 0 Å². The van der Waals surface area contributed by atoms with Crippen LogP contribution in [0.1, 0.15) is 12.0 Å². The molecule has 0 saturated carbocycles. The molecule has 0 spiro atoms. The minimum absolute atomic E-state index is 0.141. The summed E-state index contributed by atoms with van der Waals surface area (Å²) >= 11 is 0. The topological polar surface area (TPSA) is 102 Å². The van der Waals surface area contributed by atoms with Crippen molar-refractivity contribution in [1.29, 1.82) is 0 Å². The van der Waals surface area contributed by atoms with Crippen LogP contribution in [0, 0.1) is 0 Å². The summed E-state index contributed by atoms with van der Waals surface area (Å²) in [5.74, 6) is 1.09. The molecule has 7 nitrogen and oxygen atoms in total. The SMILES string of the molecule is Nc1nccc(Oc2ccc3c(c2)CCCN3C(=O)O)n1. The van der Waals surface area contributed by atoms with Gasteiger partial charge in [-0.25, -0.2) is 9.78 Å². The smallest absolute Gasteiger partial charge is 0.411 e. The summed E-state index contributed by atoms with van der Waals surface area (Å²) in [4.78, 5) is 20.3. The molecule has 0 bridgehead atoms. The Hall–Kier alpha value is -2.83. The molecule has 0 atom stereocenters. The van der Waals surface area contributed by atoms with Crippen molar-refractivity contribution >= 4 is 17.7 Å². The summed E-state index contributed by atoms with van der Waals surface area (Å²) in [5, 5.41) is 9.18. The number of hydrogen-bond donors (Lipinski definition) is 2. The number of ether oxygens (including phenoxy) is 1. The fourth-order valence-corrected chi connectivity index (χ4v) is 2.37. The normalized spacial score (nSPS) is 13.6. The van der Waals surface area contributed by atoms with Crippen LogP contribution in [-0.2, 0) is 6.42 Å². The summed E-state index contributed by atoms with van der Waals surface area (Å²) in [6.45, 7) is 0.519. The average molecular weight is 286 g/mol. The van der Waals surface area contributed by atoms with E-state index in [0.717, 1.165) is 18.4 Å². The Labute approximate surface area is 121 Å². The van der Waals surface area contributed by atoms with Crippen LogP contribution in [0.2, 0.25) is 0 Å². The van der Waals surface area contributed by atoms with Gasteiger partial charge in [0.25, 0.3) is 0 Å². The van der Waals surface area contributed by atoms with Crippen LogP contribution >= 0.6 is 0 Å². The lowest BCUT2D eigenvalue weighted by atomic mass is 10.0. The lowest BCUT2D eigenvalue weighted by Crippen LogP contribution is -2.34. The molecule has 3 rings (SSSR count). The predicted molar refractivity (Wildman–Crippen MR) is 76.7 cm³/mol. The molecule has 0 saturated heterocycles. The van der Waals surface area contributed by atoms with Crippen LogP contribution in [0.4, 0.5) is 16.4 Å². The number of carboxylic acid groups (broad SMARTS) is 1. The van der Waals surface area contributed by atoms with Crippen LogP contribution < -0.4 is 15.4 Å². The summed E-state index contributed by atoms with van der Waals surface area (Å²) in [5.41, 5.74) is 7.16. The number of nitrogen functional groups attached to an aromatic ring is 1. The highest BCUT2D eigenvalue weighted by molar-refractivity contribution is 5.87. The monoisotopic (exact) mass is 286 g/mol. The highest BCUT2D eigenvalue weighted by atomic mass is 16.5. The van der Waals surface area contributed by atoms with Gasteiger partial charge in [-0.15, -0.1) is 0 Å².